The monoisotopic (exact) mass is 253 g/mol. The van der Waals surface area contributed by atoms with E-state index in [1.54, 1.807) is 0 Å². The molecular weight excluding hydrogens is 230 g/mol. The molecule has 2 rings (SSSR count). The van der Waals surface area contributed by atoms with Crippen molar-refractivity contribution in [3.8, 4) is 0 Å². The molecule has 2 aromatic carbocycles. The summed E-state index contributed by atoms with van der Waals surface area (Å²) in [5, 5.41) is 3.46. The molecule has 0 fully saturated rings. The van der Waals surface area contributed by atoms with E-state index in [9.17, 15) is 0 Å². The Morgan fingerprint density at radius 3 is 1.95 bits per heavy atom. The van der Waals surface area contributed by atoms with Crippen molar-refractivity contribution >= 4 is 0 Å². The minimum atomic E-state index is 0.264. The third-order valence-corrected chi connectivity index (χ3v) is 3.98. The average molecular weight is 253 g/mol. The van der Waals surface area contributed by atoms with Gasteiger partial charge in [0.1, 0.15) is 0 Å². The van der Waals surface area contributed by atoms with Crippen molar-refractivity contribution in [3.05, 3.63) is 69.8 Å². The molecule has 0 radical (unpaired) electrons. The second-order valence-electron chi connectivity index (χ2n) is 5.37. The summed E-state index contributed by atoms with van der Waals surface area (Å²) in [6.45, 7) is 8.71. The van der Waals surface area contributed by atoms with E-state index in [0.717, 1.165) is 0 Å². The first-order valence-electron chi connectivity index (χ1n) is 6.85. The standard InChI is InChI=1S/C18H23N/c1-12-9-10-16(11-15(12)4)18(19-5)17-13(2)7-6-8-14(17)3/h6-11,18-19H,1-5H3. The Morgan fingerprint density at radius 2 is 1.42 bits per heavy atom. The van der Waals surface area contributed by atoms with Crippen LogP contribution in [0.3, 0.4) is 0 Å². The molecule has 0 bridgehead atoms. The predicted octanol–water partition coefficient (Wildman–Crippen LogP) is 4.23. The quantitative estimate of drug-likeness (QED) is 0.863. The van der Waals surface area contributed by atoms with Gasteiger partial charge in [-0.3, -0.25) is 0 Å². The zero-order chi connectivity index (χ0) is 14.0. The molecule has 0 amide bonds. The molecule has 0 saturated heterocycles. The number of hydrogen-bond donors (Lipinski definition) is 1. The number of aryl methyl sites for hydroxylation is 4. The average Bonchev–Trinajstić information content (AvgIpc) is 2.37. The lowest BCUT2D eigenvalue weighted by Gasteiger charge is -2.22. The molecule has 0 heterocycles. The fourth-order valence-corrected chi connectivity index (χ4v) is 2.70. The van der Waals surface area contributed by atoms with E-state index in [-0.39, 0.29) is 6.04 Å². The SMILES string of the molecule is CNC(c1ccc(C)c(C)c1)c1c(C)cccc1C. The molecule has 2 aromatic rings. The molecule has 0 aliphatic rings. The van der Waals surface area contributed by atoms with Gasteiger partial charge in [-0.05, 0) is 68.1 Å². The fraction of sp³-hybridized carbons (Fsp3) is 0.333. The lowest BCUT2D eigenvalue weighted by atomic mass is 9.90. The lowest BCUT2D eigenvalue weighted by Crippen LogP contribution is -2.20. The Balaban J connectivity index is 2.53. The first kappa shape index (κ1) is 13.8. The molecule has 0 aliphatic heterocycles. The van der Waals surface area contributed by atoms with Crippen LogP contribution in [-0.4, -0.2) is 7.05 Å². The molecule has 1 heteroatoms. The van der Waals surface area contributed by atoms with Gasteiger partial charge in [-0.15, -0.1) is 0 Å². The third kappa shape index (κ3) is 2.71. The van der Waals surface area contributed by atoms with E-state index in [1.165, 1.54) is 33.4 Å². The molecule has 1 N–H and O–H groups in total. The molecule has 1 nitrogen and oxygen atoms in total. The fourth-order valence-electron chi connectivity index (χ4n) is 2.70. The van der Waals surface area contributed by atoms with E-state index in [1.807, 2.05) is 7.05 Å². The maximum Gasteiger partial charge on any atom is 0.0579 e. The van der Waals surface area contributed by atoms with Gasteiger partial charge < -0.3 is 5.32 Å². The van der Waals surface area contributed by atoms with Crippen LogP contribution in [0.1, 0.15) is 39.4 Å². The summed E-state index contributed by atoms with van der Waals surface area (Å²) in [5.41, 5.74) is 8.12. The summed E-state index contributed by atoms with van der Waals surface area (Å²) < 4.78 is 0. The highest BCUT2D eigenvalue weighted by Crippen LogP contribution is 2.28. The molecule has 0 saturated carbocycles. The molecule has 100 valence electrons. The molecule has 1 unspecified atom stereocenters. The molecule has 19 heavy (non-hydrogen) atoms. The third-order valence-electron chi connectivity index (χ3n) is 3.98. The largest absolute Gasteiger partial charge is 0.309 e. The smallest absolute Gasteiger partial charge is 0.0579 e. The Hall–Kier alpha value is -1.60. The Morgan fingerprint density at radius 1 is 0.789 bits per heavy atom. The molecule has 0 aromatic heterocycles. The van der Waals surface area contributed by atoms with Crippen LogP contribution in [0.4, 0.5) is 0 Å². The van der Waals surface area contributed by atoms with E-state index in [2.05, 4.69) is 69.4 Å². The highest BCUT2D eigenvalue weighted by molar-refractivity contribution is 5.43. The van der Waals surface area contributed by atoms with Gasteiger partial charge >= 0.3 is 0 Å². The van der Waals surface area contributed by atoms with Crippen LogP contribution >= 0.6 is 0 Å². The molecule has 0 spiro atoms. The van der Waals surface area contributed by atoms with Crippen LogP contribution in [0.5, 0.6) is 0 Å². The van der Waals surface area contributed by atoms with Crippen molar-refractivity contribution in [1.82, 2.24) is 5.32 Å². The molecule has 1 atom stereocenters. The van der Waals surface area contributed by atoms with Gasteiger partial charge in [0.05, 0.1) is 6.04 Å². The Kier molecular flexibility index (Phi) is 4.06. The molecule has 0 aliphatic carbocycles. The van der Waals surface area contributed by atoms with Gasteiger partial charge in [0.25, 0.3) is 0 Å². The van der Waals surface area contributed by atoms with Crippen molar-refractivity contribution in [3.63, 3.8) is 0 Å². The second kappa shape index (κ2) is 5.58. The van der Waals surface area contributed by atoms with E-state index >= 15 is 0 Å². The number of nitrogens with one attached hydrogen (secondary N) is 1. The lowest BCUT2D eigenvalue weighted by molar-refractivity contribution is 0.682. The van der Waals surface area contributed by atoms with Crippen molar-refractivity contribution in [2.45, 2.75) is 33.7 Å². The van der Waals surface area contributed by atoms with E-state index < -0.39 is 0 Å². The number of hydrogen-bond acceptors (Lipinski definition) is 1. The summed E-state index contributed by atoms with van der Waals surface area (Å²) in [6.07, 6.45) is 0. The highest BCUT2D eigenvalue weighted by atomic mass is 14.9. The van der Waals surface area contributed by atoms with E-state index in [0.29, 0.717) is 0 Å². The second-order valence-corrected chi connectivity index (χ2v) is 5.37. The van der Waals surface area contributed by atoms with Gasteiger partial charge in [0, 0.05) is 0 Å². The summed E-state index contributed by atoms with van der Waals surface area (Å²) in [6, 6.07) is 13.5. The zero-order valence-electron chi connectivity index (χ0n) is 12.5. The Bertz CT molecular complexity index is 564. The van der Waals surface area contributed by atoms with Gasteiger partial charge in [0.2, 0.25) is 0 Å². The van der Waals surface area contributed by atoms with Crippen molar-refractivity contribution < 1.29 is 0 Å². The first-order chi connectivity index (χ1) is 9.04. The normalized spacial score (nSPS) is 12.5. The first-order valence-corrected chi connectivity index (χ1v) is 6.85. The Labute approximate surface area is 116 Å². The topological polar surface area (TPSA) is 12.0 Å². The van der Waals surface area contributed by atoms with E-state index in [4.69, 9.17) is 0 Å². The summed E-state index contributed by atoms with van der Waals surface area (Å²) in [7, 11) is 2.03. The zero-order valence-corrected chi connectivity index (χ0v) is 12.5. The van der Waals surface area contributed by atoms with Crippen LogP contribution < -0.4 is 5.32 Å². The summed E-state index contributed by atoms with van der Waals surface area (Å²) >= 11 is 0. The minimum Gasteiger partial charge on any atom is -0.309 e. The van der Waals surface area contributed by atoms with Crippen LogP contribution in [0, 0.1) is 27.7 Å². The van der Waals surface area contributed by atoms with Crippen LogP contribution in [0.25, 0.3) is 0 Å². The van der Waals surface area contributed by atoms with Crippen molar-refractivity contribution in [2.75, 3.05) is 7.05 Å². The number of rotatable bonds is 3. The van der Waals surface area contributed by atoms with Gasteiger partial charge in [-0.25, -0.2) is 0 Å². The van der Waals surface area contributed by atoms with Crippen LogP contribution in [0.2, 0.25) is 0 Å². The maximum atomic E-state index is 3.46. The van der Waals surface area contributed by atoms with Gasteiger partial charge in [0.15, 0.2) is 0 Å². The maximum absolute atomic E-state index is 3.46. The van der Waals surface area contributed by atoms with Crippen molar-refractivity contribution in [2.24, 2.45) is 0 Å². The van der Waals surface area contributed by atoms with Crippen molar-refractivity contribution in [1.29, 1.82) is 0 Å². The van der Waals surface area contributed by atoms with Crippen LogP contribution in [-0.2, 0) is 0 Å². The minimum absolute atomic E-state index is 0.264. The summed E-state index contributed by atoms with van der Waals surface area (Å²) in [5.74, 6) is 0. The predicted molar refractivity (Wildman–Crippen MR) is 82.7 cm³/mol. The van der Waals surface area contributed by atoms with Crippen LogP contribution in [0.15, 0.2) is 36.4 Å². The highest BCUT2D eigenvalue weighted by Gasteiger charge is 2.16. The van der Waals surface area contributed by atoms with Gasteiger partial charge in [-0.2, -0.15) is 0 Å². The number of benzene rings is 2. The van der Waals surface area contributed by atoms with Gasteiger partial charge in [-0.1, -0.05) is 36.4 Å². The molecular formula is C18H23N. The summed E-state index contributed by atoms with van der Waals surface area (Å²) in [4.78, 5) is 0.